The SMILES string of the molecule is N#CCOc1ccc(NC(=O)Cn2cccn2)cc1. The molecule has 1 aromatic heterocycles. The summed E-state index contributed by atoms with van der Waals surface area (Å²) in [5, 5.41) is 15.1. The fourth-order valence-electron chi connectivity index (χ4n) is 1.49. The average molecular weight is 256 g/mol. The van der Waals surface area contributed by atoms with Crippen LogP contribution in [0.5, 0.6) is 5.75 Å². The Morgan fingerprint density at radius 3 is 2.84 bits per heavy atom. The van der Waals surface area contributed by atoms with Crippen LogP contribution in [0.2, 0.25) is 0 Å². The highest BCUT2D eigenvalue weighted by Gasteiger charge is 2.03. The van der Waals surface area contributed by atoms with Crippen molar-refractivity contribution in [2.24, 2.45) is 0 Å². The Bertz CT molecular complexity index is 570. The summed E-state index contributed by atoms with van der Waals surface area (Å²) < 4.78 is 6.65. The monoisotopic (exact) mass is 256 g/mol. The van der Waals surface area contributed by atoms with Crippen LogP contribution in [-0.4, -0.2) is 22.3 Å². The van der Waals surface area contributed by atoms with E-state index in [-0.39, 0.29) is 19.1 Å². The number of aromatic nitrogens is 2. The van der Waals surface area contributed by atoms with Gasteiger partial charge in [-0.3, -0.25) is 9.48 Å². The van der Waals surface area contributed by atoms with E-state index in [1.165, 1.54) is 0 Å². The highest BCUT2D eigenvalue weighted by atomic mass is 16.5. The van der Waals surface area contributed by atoms with Gasteiger partial charge >= 0.3 is 0 Å². The first-order chi connectivity index (χ1) is 9.28. The number of nitrogens with zero attached hydrogens (tertiary/aromatic N) is 3. The van der Waals surface area contributed by atoms with E-state index >= 15 is 0 Å². The van der Waals surface area contributed by atoms with E-state index in [4.69, 9.17) is 10.00 Å². The van der Waals surface area contributed by atoms with E-state index < -0.39 is 0 Å². The number of carbonyl (C=O) groups is 1. The van der Waals surface area contributed by atoms with Crippen molar-refractivity contribution in [2.45, 2.75) is 6.54 Å². The zero-order valence-electron chi connectivity index (χ0n) is 10.1. The van der Waals surface area contributed by atoms with Crippen LogP contribution >= 0.6 is 0 Å². The van der Waals surface area contributed by atoms with Crippen molar-refractivity contribution in [3.8, 4) is 11.8 Å². The van der Waals surface area contributed by atoms with Crippen LogP contribution in [0.25, 0.3) is 0 Å². The molecule has 0 unspecified atom stereocenters. The first-order valence-electron chi connectivity index (χ1n) is 5.65. The van der Waals surface area contributed by atoms with Gasteiger partial charge in [-0.15, -0.1) is 0 Å². The number of hydrogen-bond donors (Lipinski definition) is 1. The first kappa shape index (κ1) is 12.6. The smallest absolute Gasteiger partial charge is 0.246 e. The number of rotatable bonds is 5. The quantitative estimate of drug-likeness (QED) is 0.877. The maximum absolute atomic E-state index is 11.7. The minimum atomic E-state index is -0.158. The standard InChI is InChI=1S/C13H12N4O2/c14-6-9-19-12-4-2-11(3-5-12)16-13(18)10-17-8-1-7-15-17/h1-5,7-8H,9-10H2,(H,16,18). The molecule has 1 amide bonds. The molecule has 1 aromatic carbocycles. The molecule has 0 aliphatic heterocycles. The summed E-state index contributed by atoms with van der Waals surface area (Å²) in [5.74, 6) is 0.431. The minimum absolute atomic E-state index is 0.00496. The van der Waals surface area contributed by atoms with Gasteiger partial charge in [-0.2, -0.15) is 10.4 Å². The van der Waals surface area contributed by atoms with Crippen molar-refractivity contribution < 1.29 is 9.53 Å². The fraction of sp³-hybridized carbons (Fsp3) is 0.154. The molecule has 0 aliphatic rings. The molecule has 6 heteroatoms. The maximum atomic E-state index is 11.7. The van der Waals surface area contributed by atoms with E-state index in [1.807, 2.05) is 6.07 Å². The lowest BCUT2D eigenvalue weighted by Gasteiger charge is -2.06. The number of nitriles is 1. The molecule has 0 atom stereocenters. The minimum Gasteiger partial charge on any atom is -0.479 e. The summed E-state index contributed by atoms with van der Waals surface area (Å²) in [5.41, 5.74) is 0.668. The fourth-order valence-corrected chi connectivity index (χ4v) is 1.49. The van der Waals surface area contributed by atoms with Crippen LogP contribution in [0.1, 0.15) is 0 Å². The van der Waals surface area contributed by atoms with Gasteiger partial charge in [0.2, 0.25) is 5.91 Å². The van der Waals surface area contributed by atoms with Gasteiger partial charge in [0.1, 0.15) is 18.4 Å². The molecular weight excluding hydrogens is 244 g/mol. The molecule has 0 fully saturated rings. The molecule has 1 heterocycles. The number of benzene rings is 1. The van der Waals surface area contributed by atoms with Crippen LogP contribution in [0.3, 0.4) is 0 Å². The van der Waals surface area contributed by atoms with Gasteiger partial charge in [-0.05, 0) is 30.3 Å². The van der Waals surface area contributed by atoms with Crippen molar-refractivity contribution >= 4 is 11.6 Å². The zero-order valence-corrected chi connectivity index (χ0v) is 10.1. The maximum Gasteiger partial charge on any atom is 0.246 e. The highest BCUT2D eigenvalue weighted by molar-refractivity contribution is 5.90. The van der Waals surface area contributed by atoms with Crippen molar-refractivity contribution in [3.05, 3.63) is 42.7 Å². The molecule has 0 saturated heterocycles. The van der Waals surface area contributed by atoms with Gasteiger partial charge < -0.3 is 10.1 Å². The van der Waals surface area contributed by atoms with Gasteiger partial charge in [0, 0.05) is 18.1 Å². The van der Waals surface area contributed by atoms with Crippen LogP contribution in [-0.2, 0) is 11.3 Å². The molecule has 0 bridgehead atoms. The Kier molecular flexibility index (Phi) is 4.13. The molecule has 0 spiro atoms. The number of carbonyl (C=O) groups excluding carboxylic acids is 1. The lowest BCUT2D eigenvalue weighted by atomic mass is 10.3. The van der Waals surface area contributed by atoms with E-state index in [0.29, 0.717) is 11.4 Å². The van der Waals surface area contributed by atoms with Crippen molar-refractivity contribution in [3.63, 3.8) is 0 Å². The summed E-state index contributed by atoms with van der Waals surface area (Å²) >= 11 is 0. The highest BCUT2D eigenvalue weighted by Crippen LogP contribution is 2.15. The Hall–Kier alpha value is -2.81. The summed E-state index contributed by atoms with van der Waals surface area (Å²) in [6.07, 6.45) is 3.34. The lowest BCUT2D eigenvalue weighted by molar-refractivity contribution is -0.116. The van der Waals surface area contributed by atoms with E-state index in [2.05, 4.69) is 10.4 Å². The van der Waals surface area contributed by atoms with Crippen LogP contribution in [0.15, 0.2) is 42.7 Å². The van der Waals surface area contributed by atoms with Crippen LogP contribution in [0.4, 0.5) is 5.69 Å². The number of ether oxygens (including phenoxy) is 1. The molecule has 0 aliphatic carbocycles. The van der Waals surface area contributed by atoms with Crippen molar-refractivity contribution in [1.29, 1.82) is 5.26 Å². The molecular formula is C13H12N4O2. The summed E-state index contributed by atoms with van der Waals surface area (Å²) in [6.45, 7) is 0.171. The van der Waals surface area contributed by atoms with Crippen molar-refractivity contribution in [1.82, 2.24) is 9.78 Å². The predicted octanol–water partition coefficient (Wildman–Crippen LogP) is 1.42. The van der Waals surface area contributed by atoms with Gasteiger partial charge in [0.05, 0.1) is 0 Å². The summed E-state index contributed by atoms with van der Waals surface area (Å²) in [7, 11) is 0. The lowest BCUT2D eigenvalue weighted by Crippen LogP contribution is -2.18. The Morgan fingerprint density at radius 1 is 1.42 bits per heavy atom. The molecule has 19 heavy (non-hydrogen) atoms. The van der Waals surface area contributed by atoms with Gasteiger partial charge in [-0.25, -0.2) is 0 Å². The molecule has 0 radical (unpaired) electrons. The number of hydrogen-bond acceptors (Lipinski definition) is 4. The predicted molar refractivity (Wildman–Crippen MR) is 68.4 cm³/mol. The average Bonchev–Trinajstić information content (AvgIpc) is 2.90. The number of nitrogens with one attached hydrogen (secondary N) is 1. The molecule has 96 valence electrons. The summed E-state index contributed by atoms with van der Waals surface area (Å²) in [6, 6.07) is 10.5. The van der Waals surface area contributed by atoms with Gasteiger partial charge in [0.25, 0.3) is 0 Å². The second-order valence-electron chi connectivity index (χ2n) is 3.72. The Morgan fingerprint density at radius 2 is 2.21 bits per heavy atom. The van der Waals surface area contributed by atoms with Gasteiger partial charge in [0.15, 0.2) is 6.61 Å². The second kappa shape index (κ2) is 6.21. The number of amides is 1. The number of anilines is 1. The zero-order chi connectivity index (χ0) is 13.5. The van der Waals surface area contributed by atoms with E-state index in [9.17, 15) is 4.79 Å². The topological polar surface area (TPSA) is 79.9 Å². The van der Waals surface area contributed by atoms with Gasteiger partial charge in [-0.1, -0.05) is 0 Å². The molecule has 2 rings (SSSR count). The van der Waals surface area contributed by atoms with Crippen LogP contribution < -0.4 is 10.1 Å². The Balaban J connectivity index is 1.88. The Labute approximate surface area is 110 Å². The third kappa shape index (κ3) is 3.85. The summed E-state index contributed by atoms with van der Waals surface area (Å²) in [4.78, 5) is 11.7. The molecule has 2 aromatic rings. The largest absolute Gasteiger partial charge is 0.479 e. The molecule has 1 N–H and O–H groups in total. The molecule has 0 saturated carbocycles. The first-order valence-corrected chi connectivity index (χ1v) is 5.65. The second-order valence-corrected chi connectivity index (χ2v) is 3.72. The molecule has 6 nitrogen and oxygen atoms in total. The van der Waals surface area contributed by atoms with Crippen molar-refractivity contribution in [2.75, 3.05) is 11.9 Å². The van der Waals surface area contributed by atoms with E-state index in [1.54, 1.807) is 47.4 Å². The normalized spacial score (nSPS) is 9.63. The van der Waals surface area contributed by atoms with Crippen LogP contribution in [0, 0.1) is 11.3 Å². The third-order valence-electron chi connectivity index (χ3n) is 2.31. The third-order valence-corrected chi connectivity index (χ3v) is 2.31. The van der Waals surface area contributed by atoms with E-state index in [0.717, 1.165) is 0 Å².